The molecule has 1 heterocycles. The van der Waals surface area contributed by atoms with Crippen molar-refractivity contribution in [2.75, 3.05) is 12.4 Å². The third-order valence-electron chi connectivity index (χ3n) is 3.20. The van der Waals surface area contributed by atoms with Crippen molar-refractivity contribution in [3.8, 4) is 0 Å². The van der Waals surface area contributed by atoms with Gasteiger partial charge in [0.15, 0.2) is 0 Å². The van der Waals surface area contributed by atoms with E-state index in [1.165, 1.54) is 5.56 Å². The highest BCUT2D eigenvalue weighted by Crippen LogP contribution is 2.15. The van der Waals surface area contributed by atoms with E-state index in [4.69, 9.17) is 0 Å². The maximum atomic E-state index is 12.2. The summed E-state index contributed by atoms with van der Waals surface area (Å²) >= 11 is 0. The molecule has 20 heavy (non-hydrogen) atoms. The van der Waals surface area contributed by atoms with Crippen LogP contribution in [0.2, 0.25) is 0 Å². The number of pyridine rings is 1. The van der Waals surface area contributed by atoms with Crippen molar-refractivity contribution in [1.29, 1.82) is 0 Å². The van der Waals surface area contributed by atoms with E-state index in [-0.39, 0.29) is 5.91 Å². The van der Waals surface area contributed by atoms with Crippen LogP contribution in [-0.2, 0) is 6.54 Å². The molecular formula is C16H19N3O. The minimum Gasteiger partial charge on any atom is -0.322 e. The van der Waals surface area contributed by atoms with Crippen LogP contribution >= 0.6 is 0 Å². The number of nitrogens with zero attached hydrogens (tertiary/aromatic N) is 1. The van der Waals surface area contributed by atoms with Gasteiger partial charge in [0.1, 0.15) is 0 Å². The van der Waals surface area contributed by atoms with E-state index in [1.54, 1.807) is 18.3 Å². The van der Waals surface area contributed by atoms with Gasteiger partial charge in [-0.2, -0.15) is 0 Å². The topological polar surface area (TPSA) is 54.0 Å². The molecule has 0 saturated carbocycles. The van der Waals surface area contributed by atoms with E-state index in [0.717, 1.165) is 16.9 Å². The average Bonchev–Trinajstić information content (AvgIpc) is 2.43. The zero-order valence-corrected chi connectivity index (χ0v) is 12.0. The van der Waals surface area contributed by atoms with E-state index >= 15 is 0 Å². The molecule has 2 rings (SSSR count). The largest absolute Gasteiger partial charge is 0.322 e. The molecule has 0 unspecified atom stereocenters. The number of hydrogen-bond donors (Lipinski definition) is 2. The Hall–Kier alpha value is -2.20. The molecule has 1 aromatic carbocycles. The van der Waals surface area contributed by atoms with E-state index in [2.05, 4.69) is 15.6 Å². The van der Waals surface area contributed by atoms with Crippen molar-refractivity contribution >= 4 is 11.6 Å². The molecule has 0 radical (unpaired) electrons. The zero-order valence-electron chi connectivity index (χ0n) is 12.0. The summed E-state index contributed by atoms with van der Waals surface area (Å²) in [6.07, 6.45) is 1.65. The molecule has 0 atom stereocenters. The molecule has 0 aliphatic carbocycles. The lowest BCUT2D eigenvalue weighted by Gasteiger charge is -2.08. The van der Waals surface area contributed by atoms with Gasteiger partial charge in [-0.15, -0.1) is 0 Å². The predicted molar refractivity (Wildman–Crippen MR) is 80.9 cm³/mol. The second-order valence-corrected chi connectivity index (χ2v) is 4.82. The summed E-state index contributed by atoms with van der Waals surface area (Å²) in [6.45, 7) is 4.72. The number of aromatic nitrogens is 1. The summed E-state index contributed by atoms with van der Waals surface area (Å²) < 4.78 is 0. The second-order valence-electron chi connectivity index (χ2n) is 4.82. The maximum Gasteiger partial charge on any atom is 0.255 e. The normalized spacial score (nSPS) is 10.3. The molecule has 0 spiro atoms. The number of anilines is 1. The quantitative estimate of drug-likeness (QED) is 0.897. The van der Waals surface area contributed by atoms with Crippen LogP contribution in [0.3, 0.4) is 0 Å². The molecular weight excluding hydrogens is 250 g/mol. The number of rotatable bonds is 4. The van der Waals surface area contributed by atoms with Gasteiger partial charge in [-0.05, 0) is 56.3 Å². The van der Waals surface area contributed by atoms with Crippen LogP contribution in [0.5, 0.6) is 0 Å². The van der Waals surface area contributed by atoms with Crippen LogP contribution in [0.1, 0.15) is 27.2 Å². The molecule has 104 valence electrons. The molecule has 1 amide bonds. The number of amides is 1. The Morgan fingerprint density at radius 1 is 1.15 bits per heavy atom. The Balaban J connectivity index is 2.15. The first-order valence-electron chi connectivity index (χ1n) is 6.58. The highest BCUT2D eigenvalue weighted by atomic mass is 16.1. The van der Waals surface area contributed by atoms with Crippen molar-refractivity contribution in [2.45, 2.75) is 20.4 Å². The Morgan fingerprint density at radius 2 is 1.95 bits per heavy atom. The Morgan fingerprint density at radius 3 is 2.65 bits per heavy atom. The van der Waals surface area contributed by atoms with E-state index in [0.29, 0.717) is 12.1 Å². The lowest BCUT2D eigenvalue weighted by atomic mass is 10.1. The molecule has 4 heteroatoms. The van der Waals surface area contributed by atoms with Crippen molar-refractivity contribution < 1.29 is 4.79 Å². The summed E-state index contributed by atoms with van der Waals surface area (Å²) in [5.74, 6) is -0.118. The summed E-state index contributed by atoms with van der Waals surface area (Å²) in [5, 5.41) is 5.93. The Labute approximate surface area is 119 Å². The number of carbonyl (C=O) groups excluding carboxylic acids is 1. The molecule has 0 bridgehead atoms. The van der Waals surface area contributed by atoms with Crippen LogP contribution in [0.15, 0.2) is 36.5 Å². The van der Waals surface area contributed by atoms with Gasteiger partial charge in [0.25, 0.3) is 5.91 Å². The van der Waals surface area contributed by atoms with Crippen molar-refractivity contribution in [2.24, 2.45) is 0 Å². The molecule has 1 aromatic heterocycles. The lowest BCUT2D eigenvalue weighted by molar-refractivity contribution is 0.102. The van der Waals surface area contributed by atoms with Gasteiger partial charge in [-0.25, -0.2) is 0 Å². The van der Waals surface area contributed by atoms with Crippen LogP contribution in [0.4, 0.5) is 5.69 Å². The van der Waals surface area contributed by atoms with Crippen molar-refractivity contribution in [3.63, 3.8) is 0 Å². The summed E-state index contributed by atoms with van der Waals surface area (Å²) in [5.41, 5.74) is 4.64. The Kier molecular flexibility index (Phi) is 4.48. The minimum absolute atomic E-state index is 0.118. The lowest BCUT2D eigenvalue weighted by Crippen LogP contribution is -2.14. The van der Waals surface area contributed by atoms with Crippen LogP contribution in [0.25, 0.3) is 0 Å². The summed E-state index contributed by atoms with van der Waals surface area (Å²) in [4.78, 5) is 16.4. The first-order chi connectivity index (χ1) is 9.60. The van der Waals surface area contributed by atoms with Gasteiger partial charge >= 0.3 is 0 Å². The fourth-order valence-electron chi connectivity index (χ4n) is 1.92. The standard InChI is InChI=1S/C16H19N3O/c1-11-4-5-14(8-12(11)2)19-16(20)13-6-7-18-15(9-13)10-17-3/h4-9,17H,10H2,1-3H3,(H,19,20). The van der Waals surface area contributed by atoms with Gasteiger partial charge in [0, 0.05) is 24.0 Å². The summed E-state index contributed by atoms with van der Waals surface area (Å²) in [7, 11) is 1.85. The number of benzene rings is 1. The molecule has 0 saturated heterocycles. The number of nitrogens with one attached hydrogen (secondary N) is 2. The monoisotopic (exact) mass is 269 g/mol. The maximum absolute atomic E-state index is 12.2. The van der Waals surface area contributed by atoms with Crippen molar-refractivity contribution in [3.05, 3.63) is 58.9 Å². The molecule has 2 N–H and O–H groups in total. The molecule has 0 fully saturated rings. The molecule has 4 nitrogen and oxygen atoms in total. The fraction of sp³-hybridized carbons (Fsp3) is 0.250. The first-order valence-corrected chi connectivity index (χ1v) is 6.58. The van der Waals surface area contributed by atoms with Crippen molar-refractivity contribution in [1.82, 2.24) is 10.3 Å². The van der Waals surface area contributed by atoms with E-state index in [9.17, 15) is 4.79 Å². The smallest absolute Gasteiger partial charge is 0.255 e. The predicted octanol–water partition coefficient (Wildman–Crippen LogP) is 2.67. The average molecular weight is 269 g/mol. The van der Waals surface area contributed by atoms with Crippen LogP contribution < -0.4 is 10.6 Å². The van der Waals surface area contributed by atoms with Gasteiger partial charge < -0.3 is 10.6 Å². The third kappa shape index (κ3) is 3.42. The second kappa shape index (κ2) is 6.30. The first kappa shape index (κ1) is 14.2. The SMILES string of the molecule is CNCc1cc(C(=O)Nc2ccc(C)c(C)c2)ccn1. The van der Waals surface area contributed by atoms with Gasteiger partial charge in [-0.1, -0.05) is 6.07 Å². The third-order valence-corrected chi connectivity index (χ3v) is 3.20. The van der Waals surface area contributed by atoms with E-state index in [1.807, 2.05) is 39.1 Å². The van der Waals surface area contributed by atoms with Gasteiger partial charge in [0.05, 0.1) is 5.69 Å². The van der Waals surface area contributed by atoms with Gasteiger partial charge in [-0.3, -0.25) is 9.78 Å². The number of aryl methyl sites for hydroxylation is 2. The van der Waals surface area contributed by atoms with Crippen LogP contribution in [0, 0.1) is 13.8 Å². The van der Waals surface area contributed by atoms with E-state index < -0.39 is 0 Å². The van der Waals surface area contributed by atoms with Crippen LogP contribution in [-0.4, -0.2) is 17.9 Å². The highest BCUT2D eigenvalue weighted by Gasteiger charge is 2.07. The molecule has 0 aliphatic heterocycles. The molecule has 0 aliphatic rings. The number of hydrogen-bond acceptors (Lipinski definition) is 3. The highest BCUT2D eigenvalue weighted by molar-refractivity contribution is 6.04. The fourth-order valence-corrected chi connectivity index (χ4v) is 1.92. The molecule has 2 aromatic rings. The summed E-state index contributed by atoms with van der Waals surface area (Å²) in [6, 6.07) is 9.41. The number of carbonyl (C=O) groups is 1. The zero-order chi connectivity index (χ0) is 14.5. The Bertz CT molecular complexity index is 623. The minimum atomic E-state index is -0.118. The van der Waals surface area contributed by atoms with Gasteiger partial charge in [0.2, 0.25) is 0 Å².